The van der Waals surface area contributed by atoms with Gasteiger partial charge in [0.15, 0.2) is 0 Å². The second kappa shape index (κ2) is 8.99. The molecule has 1 aliphatic rings. The molecular weight excluding hydrogens is 362 g/mol. The predicted octanol–water partition coefficient (Wildman–Crippen LogP) is 2.83. The summed E-state index contributed by atoms with van der Waals surface area (Å²) in [5, 5.41) is 12.0. The van der Waals surface area contributed by atoms with Crippen LogP contribution in [0.5, 0.6) is 0 Å². The SMILES string of the molecule is Cc1ccnc(CC(=O)NC2CCc3nnc(CCc4ccccc4)n3CC2)c1. The van der Waals surface area contributed by atoms with Crippen LogP contribution in [-0.2, 0) is 37.0 Å². The van der Waals surface area contributed by atoms with Crippen molar-refractivity contribution in [3.63, 3.8) is 0 Å². The highest BCUT2D eigenvalue weighted by Crippen LogP contribution is 2.17. The Labute approximate surface area is 171 Å². The molecule has 3 heterocycles. The van der Waals surface area contributed by atoms with Crippen LogP contribution in [0.3, 0.4) is 0 Å². The van der Waals surface area contributed by atoms with Crippen LogP contribution in [0.25, 0.3) is 0 Å². The summed E-state index contributed by atoms with van der Waals surface area (Å²) in [6.45, 7) is 2.86. The van der Waals surface area contributed by atoms with Gasteiger partial charge in [0.25, 0.3) is 0 Å². The van der Waals surface area contributed by atoms with Crippen LogP contribution in [0.4, 0.5) is 0 Å². The summed E-state index contributed by atoms with van der Waals surface area (Å²) in [4.78, 5) is 16.7. The van der Waals surface area contributed by atoms with Crippen molar-refractivity contribution in [1.82, 2.24) is 25.1 Å². The van der Waals surface area contributed by atoms with E-state index >= 15 is 0 Å². The molecule has 0 saturated heterocycles. The molecule has 150 valence electrons. The minimum Gasteiger partial charge on any atom is -0.353 e. The number of hydrogen-bond donors (Lipinski definition) is 1. The Balaban J connectivity index is 1.32. The molecule has 0 bridgehead atoms. The number of carbonyl (C=O) groups is 1. The first-order chi connectivity index (χ1) is 14.2. The van der Waals surface area contributed by atoms with Crippen molar-refractivity contribution < 1.29 is 4.79 Å². The quantitative estimate of drug-likeness (QED) is 0.704. The number of hydrogen-bond acceptors (Lipinski definition) is 4. The van der Waals surface area contributed by atoms with E-state index in [1.54, 1.807) is 6.20 Å². The molecule has 1 atom stereocenters. The molecule has 6 nitrogen and oxygen atoms in total. The van der Waals surface area contributed by atoms with Crippen molar-refractivity contribution in [3.8, 4) is 0 Å². The van der Waals surface area contributed by atoms with Crippen LogP contribution in [0, 0.1) is 6.92 Å². The van der Waals surface area contributed by atoms with Crippen LogP contribution in [-0.4, -0.2) is 31.7 Å². The van der Waals surface area contributed by atoms with E-state index in [1.807, 2.05) is 25.1 Å². The third kappa shape index (κ3) is 5.08. The first kappa shape index (κ1) is 19.3. The maximum atomic E-state index is 12.5. The zero-order chi connectivity index (χ0) is 20.1. The minimum absolute atomic E-state index is 0.0371. The van der Waals surface area contributed by atoms with Crippen molar-refractivity contribution in [2.45, 2.75) is 58.0 Å². The van der Waals surface area contributed by atoms with E-state index in [0.717, 1.165) is 61.6 Å². The summed E-state index contributed by atoms with van der Waals surface area (Å²) in [7, 11) is 0. The summed E-state index contributed by atoms with van der Waals surface area (Å²) in [6, 6.07) is 14.5. The zero-order valence-electron chi connectivity index (χ0n) is 16.8. The Bertz CT molecular complexity index is 966. The molecule has 2 aromatic heterocycles. The monoisotopic (exact) mass is 389 g/mol. The summed E-state index contributed by atoms with van der Waals surface area (Å²) in [6.07, 6.45) is 6.56. The number of nitrogens with one attached hydrogen (secondary N) is 1. The highest BCUT2D eigenvalue weighted by Gasteiger charge is 2.21. The van der Waals surface area contributed by atoms with Gasteiger partial charge in [0.05, 0.1) is 6.42 Å². The number of carbonyl (C=O) groups excluding carboxylic acids is 1. The molecule has 1 aliphatic heterocycles. The van der Waals surface area contributed by atoms with Gasteiger partial charge in [-0.3, -0.25) is 9.78 Å². The molecule has 1 unspecified atom stereocenters. The number of aromatic nitrogens is 4. The van der Waals surface area contributed by atoms with Gasteiger partial charge < -0.3 is 9.88 Å². The van der Waals surface area contributed by atoms with Gasteiger partial charge in [0, 0.05) is 37.3 Å². The number of aryl methyl sites for hydroxylation is 4. The summed E-state index contributed by atoms with van der Waals surface area (Å²) >= 11 is 0. The molecule has 4 rings (SSSR count). The standard InChI is InChI=1S/C23H27N5O/c1-17-11-13-24-20(15-17)16-23(29)25-19-8-10-22-27-26-21(28(22)14-12-19)9-7-18-5-3-2-4-6-18/h2-6,11,13,15,19H,7-10,12,14,16H2,1H3,(H,25,29). The minimum atomic E-state index is 0.0371. The van der Waals surface area contributed by atoms with Gasteiger partial charge in [-0.05, 0) is 49.4 Å². The molecule has 0 spiro atoms. The van der Waals surface area contributed by atoms with Crippen LogP contribution < -0.4 is 5.32 Å². The van der Waals surface area contributed by atoms with Crippen LogP contribution >= 0.6 is 0 Å². The average molecular weight is 390 g/mol. The molecule has 0 aliphatic carbocycles. The lowest BCUT2D eigenvalue weighted by atomic mass is 10.1. The van der Waals surface area contributed by atoms with Gasteiger partial charge in [-0.2, -0.15) is 0 Å². The summed E-state index contributed by atoms with van der Waals surface area (Å²) in [5.74, 6) is 2.11. The Morgan fingerprint density at radius 2 is 2.00 bits per heavy atom. The summed E-state index contributed by atoms with van der Waals surface area (Å²) < 4.78 is 2.25. The summed E-state index contributed by atoms with van der Waals surface area (Å²) in [5.41, 5.74) is 3.25. The number of pyridine rings is 1. The Morgan fingerprint density at radius 3 is 2.83 bits per heavy atom. The average Bonchev–Trinajstić information content (AvgIpc) is 3.00. The van der Waals surface area contributed by atoms with E-state index in [-0.39, 0.29) is 11.9 Å². The lowest BCUT2D eigenvalue weighted by Gasteiger charge is -2.16. The molecule has 1 amide bonds. The Kier molecular flexibility index (Phi) is 5.98. The maximum absolute atomic E-state index is 12.5. The van der Waals surface area contributed by atoms with Crippen molar-refractivity contribution in [1.29, 1.82) is 0 Å². The molecule has 1 N–H and O–H groups in total. The highest BCUT2D eigenvalue weighted by atomic mass is 16.1. The predicted molar refractivity (Wildman–Crippen MR) is 111 cm³/mol. The fourth-order valence-electron chi connectivity index (χ4n) is 3.92. The normalized spacial score (nSPS) is 16.1. The highest BCUT2D eigenvalue weighted by molar-refractivity contribution is 5.78. The third-order valence-electron chi connectivity index (χ3n) is 5.48. The van der Waals surface area contributed by atoms with E-state index in [4.69, 9.17) is 0 Å². The molecule has 1 aromatic carbocycles. The Hall–Kier alpha value is -3.02. The Morgan fingerprint density at radius 1 is 1.14 bits per heavy atom. The lowest BCUT2D eigenvalue weighted by molar-refractivity contribution is -0.121. The number of fused-ring (bicyclic) bond motifs is 1. The number of rotatable bonds is 6. The van der Waals surface area contributed by atoms with Gasteiger partial charge in [0.1, 0.15) is 11.6 Å². The van der Waals surface area contributed by atoms with Crippen LogP contribution in [0.1, 0.15) is 41.3 Å². The first-order valence-electron chi connectivity index (χ1n) is 10.3. The molecule has 0 fully saturated rings. The lowest BCUT2D eigenvalue weighted by Crippen LogP contribution is -2.36. The molecular formula is C23H27N5O. The van der Waals surface area contributed by atoms with Crippen LogP contribution in [0.2, 0.25) is 0 Å². The van der Waals surface area contributed by atoms with Gasteiger partial charge in [-0.25, -0.2) is 0 Å². The number of amides is 1. The second-order valence-electron chi connectivity index (χ2n) is 7.76. The van der Waals surface area contributed by atoms with Crippen molar-refractivity contribution in [3.05, 3.63) is 77.1 Å². The van der Waals surface area contributed by atoms with Crippen molar-refractivity contribution in [2.24, 2.45) is 0 Å². The maximum Gasteiger partial charge on any atom is 0.226 e. The van der Waals surface area contributed by atoms with E-state index in [9.17, 15) is 4.79 Å². The van der Waals surface area contributed by atoms with Crippen molar-refractivity contribution in [2.75, 3.05) is 0 Å². The fraction of sp³-hybridized carbons (Fsp3) is 0.391. The molecule has 3 aromatic rings. The molecule has 0 saturated carbocycles. The number of benzene rings is 1. The fourth-order valence-corrected chi connectivity index (χ4v) is 3.92. The first-order valence-corrected chi connectivity index (χ1v) is 10.3. The zero-order valence-corrected chi connectivity index (χ0v) is 16.8. The van der Waals surface area contributed by atoms with Gasteiger partial charge >= 0.3 is 0 Å². The molecule has 29 heavy (non-hydrogen) atoms. The van der Waals surface area contributed by atoms with E-state index in [1.165, 1.54) is 5.56 Å². The number of nitrogens with zero attached hydrogens (tertiary/aromatic N) is 4. The van der Waals surface area contributed by atoms with E-state index in [2.05, 4.69) is 49.3 Å². The van der Waals surface area contributed by atoms with Gasteiger partial charge in [-0.15, -0.1) is 10.2 Å². The van der Waals surface area contributed by atoms with Gasteiger partial charge in [0.2, 0.25) is 5.91 Å². The van der Waals surface area contributed by atoms with E-state index < -0.39 is 0 Å². The smallest absolute Gasteiger partial charge is 0.226 e. The topological polar surface area (TPSA) is 72.7 Å². The van der Waals surface area contributed by atoms with Crippen LogP contribution in [0.15, 0.2) is 48.7 Å². The largest absolute Gasteiger partial charge is 0.353 e. The molecule has 6 heteroatoms. The second-order valence-corrected chi connectivity index (χ2v) is 7.76. The van der Waals surface area contributed by atoms with Crippen molar-refractivity contribution >= 4 is 5.91 Å². The third-order valence-corrected chi connectivity index (χ3v) is 5.48. The van der Waals surface area contributed by atoms with E-state index in [0.29, 0.717) is 6.42 Å². The molecule has 0 radical (unpaired) electrons. The van der Waals surface area contributed by atoms with Gasteiger partial charge in [-0.1, -0.05) is 30.3 Å².